The predicted molar refractivity (Wildman–Crippen MR) is 99.6 cm³/mol. The van der Waals surface area contributed by atoms with Crippen LogP contribution in [0.5, 0.6) is 5.75 Å². The number of carbonyl (C=O) groups is 1. The van der Waals surface area contributed by atoms with Crippen LogP contribution in [-0.2, 0) is 16.6 Å². The Hall–Kier alpha value is -2.41. The summed E-state index contributed by atoms with van der Waals surface area (Å²) < 4.78 is 18.2. The lowest BCUT2D eigenvalue weighted by molar-refractivity contribution is 0.101. The van der Waals surface area contributed by atoms with Gasteiger partial charge >= 0.3 is 0 Å². The van der Waals surface area contributed by atoms with Crippen LogP contribution < -0.4 is 15.4 Å². The van der Waals surface area contributed by atoms with Crippen molar-refractivity contribution in [1.29, 1.82) is 0 Å². The summed E-state index contributed by atoms with van der Waals surface area (Å²) in [5.74, 6) is 1.09. The maximum atomic E-state index is 12.8. The number of aromatic nitrogens is 1. The fourth-order valence-electron chi connectivity index (χ4n) is 2.89. The second-order valence-electron chi connectivity index (χ2n) is 6.06. The highest BCUT2D eigenvalue weighted by molar-refractivity contribution is 7.85. The van der Waals surface area contributed by atoms with E-state index in [-0.39, 0.29) is 5.78 Å². The van der Waals surface area contributed by atoms with Gasteiger partial charge in [0.15, 0.2) is 11.3 Å². The third-order valence-corrected chi connectivity index (χ3v) is 5.61. The number of carbonyl (C=O) groups excluding carboxylic acids is 1. The molecule has 1 aliphatic heterocycles. The van der Waals surface area contributed by atoms with Crippen molar-refractivity contribution in [2.45, 2.75) is 32.0 Å². The van der Waals surface area contributed by atoms with Crippen LogP contribution in [-0.4, -0.2) is 27.6 Å². The molecule has 0 fully saturated rings. The van der Waals surface area contributed by atoms with Gasteiger partial charge < -0.3 is 15.4 Å². The maximum absolute atomic E-state index is 12.8. The standard InChI is InChI=1S/C18H21N3O3S/c1-10-8-19-16(11(2)17(10)24-4)9-25(23)18-20-14-6-5-13(12(3)22)7-15(14)21-18/h5-8,18,20-21H,9H2,1-4H3. The Morgan fingerprint density at radius 2 is 2.00 bits per heavy atom. The van der Waals surface area contributed by atoms with Gasteiger partial charge in [-0.1, -0.05) is 0 Å². The van der Waals surface area contributed by atoms with E-state index in [1.807, 2.05) is 19.9 Å². The van der Waals surface area contributed by atoms with Crippen molar-refractivity contribution in [3.05, 3.63) is 46.8 Å². The number of Topliss-reactive ketones (excluding diaryl/α,β-unsaturated/α-hetero) is 1. The van der Waals surface area contributed by atoms with Gasteiger partial charge in [0, 0.05) is 22.9 Å². The molecule has 0 radical (unpaired) electrons. The van der Waals surface area contributed by atoms with E-state index < -0.39 is 16.3 Å². The van der Waals surface area contributed by atoms with Crippen molar-refractivity contribution in [3.8, 4) is 5.75 Å². The van der Waals surface area contributed by atoms with Gasteiger partial charge in [-0.05, 0) is 39.0 Å². The van der Waals surface area contributed by atoms with Crippen LogP contribution in [0.4, 0.5) is 11.4 Å². The lowest BCUT2D eigenvalue weighted by atomic mass is 10.1. The van der Waals surface area contributed by atoms with E-state index in [0.29, 0.717) is 11.3 Å². The molecule has 0 amide bonds. The van der Waals surface area contributed by atoms with E-state index in [1.54, 1.807) is 25.4 Å². The Balaban J connectivity index is 1.76. The third kappa shape index (κ3) is 3.37. The number of hydrogen-bond donors (Lipinski definition) is 2. The van der Waals surface area contributed by atoms with Crippen LogP contribution in [0.1, 0.15) is 34.1 Å². The first-order valence-corrected chi connectivity index (χ1v) is 9.33. The summed E-state index contributed by atoms with van der Waals surface area (Å²) in [5.41, 5.74) is 4.45. The number of ether oxygens (including phenoxy) is 1. The molecule has 25 heavy (non-hydrogen) atoms. The molecule has 0 saturated carbocycles. The second kappa shape index (κ2) is 6.84. The van der Waals surface area contributed by atoms with E-state index in [2.05, 4.69) is 15.6 Å². The van der Waals surface area contributed by atoms with Crippen LogP contribution in [0.25, 0.3) is 0 Å². The average molecular weight is 359 g/mol. The topological polar surface area (TPSA) is 80.3 Å². The number of nitrogens with zero attached hydrogens (tertiary/aromatic N) is 1. The molecule has 2 unspecified atom stereocenters. The number of benzene rings is 1. The Bertz CT molecular complexity index is 867. The number of aryl methyl sites for hydroxylation is 1. The average Bonchev–Trinajstić information content (AvgIpc) is 3.01. The first-order chi connectivity index (χ1) is 11.9. The van der Waals surface area contributed by atoms with Gasteiger partial charge in [-0.3, -0.25) is 14.0 Å². The summed E-state index contributed by atoms with van der Waals surface area (Å²) in [6.45, 7) is 5.39. The summed E-state index contributed by atoms with van der Waals surface area (Å²) in [6, 6.07) is 5.37. The highest BCUT2D eigenvalue weighted by atomic mass is 32.2. The van der Waals surface area contributed by atoms with Gasteiger partial charge in [-0.25, -0.2) is 0 Å². The van der Waals surface area contributed by atoms with Crippen molar-refractivity contribution in [2.24, 2.45) is 0 Å². The Morgan fingerprint density at radius 3 is 2.68 bits per heavy atom. The van der Waals surface area contributed by atoms with Gasteiger partial charge in [0.2, 0.25) is 0 Å². The summed E-state index contributed by atoms with van der Waals surface area (Å²) >= 11 is 0. The SMILES string of the molecule is COc1c(C)cnc(CS(=O)C2Nc3ccc(C(C)=O)cc3N2)c1C. The molecule has 0 saturated heterocycles. The first kappa shape index (κ1) is 17.4. The minimum absolute atomic E-state index is 0.000692. The molecule has 0 aliphatic carbocycles. The van der Waals surface area contributed by atoms with E-state index in [9.17, 15) is 9.00 Å². The number of fused-ring (bicyclic) bond motifs is 1. The normalized spacial score (nSPS) is 16.6. The zero-order chi connectivity index (χ0) is 18.1. The maximum Gasteiger partial charge on any atom is 0.175 e. The van der Waals surface area contributed by atoms with Crippen molar-refractivity contribution in [2.75, 3.05) is 17.7 Å². The van der Waals surface area contributed by atoms with Crippen LogP contribution in [0, 0.1) is 13.8 Å². The van der Waals surface area contributed by atoms with E-state index in [1.165, 1.54) is 6.92 Å². The predicted octanol–water partition coefficient (Wildman–Crippen LogP) is 2.98. The van der Waals surface area contributed by atoms with E-state index in [4.69, 9.17) is 4.74 Å². The Kier molecular flexibility index (Phi) is 4.76. The zero-order valence-electron chi connectivity index (χ0n) is 14.7. The minimum Gasteiger partial charge on any atom is -0.496 e. The largest absolute Gasteiger partial charge is 0.496 e. The van der Waals surface area contributed by atoms with Gasteiger partial charge in [-0.2, -0.15) is 0 Å². The second-order valence-corrected chi connectivity index (χ2v) is 7.58. The first-order valence-electron chi connectivity index (χ1n) is 7.95. The lowest BCUT2D eigenvalue weighted by Crippen LogP contribution is -2.29. The highest BCUT2D eigenvalue weighted by Gasteiger charge is 2.26. The summed E-state index contributed by atoms with van der Waals surface area (Å²) in [6.07, 6.45) is 1.74. The molecular weight excluding hydrogens is 338 g/mol. The van der Waals surface area contributed by atoms with Crippen LogP contribution >= 0.6 is 0 Å². The highest BCUT2D eigenvalue weighted by Crippen LogP contribution is 2.32. The molecule has 2 atom stereocenters. The minimum atomic E-state index is -1.24. The molecule has 132 valence electrons. The number of methoxy groups -OCH3 is 1. The molecule has 2 heterocycles. The monoisotopic (exact) mass is 359 g/mol. The van der Waals surface area contributed by atoms with Gasteiger partial charge in [0.05, 0.1) is 40.7 Å². The molecule has 1 aliphatic rings. The summed E-state index contributed by atoms with van der Waals surface area (Å²) in [5, 5.41) is 6.39. The molecule has 2 N–H and O–H groups in total. The molecule has 1 aromatic carbocycles. The molecule has 3 rings (SSSR count). The molecule has 1 aromatic heterocycles. The summed E-state index contributed by atoms with van der Waals surface area (Å²) in [7, 11) is 0.382. The van der Waals surface area contributed by atoms with Crippen molar-refractivity contribution < 1.29 is 13.7 Å². The van der Waals surface area contributed by atoms with E-state index >= 15 is 0 Å². The van der Waals surface area contributed by atoms with Crippen LogP contribution in [0.3, 0.4) is 0 Å². The van der Waals surface area contributed by atoms with Crippen LogP contribution in [0.2, 0.25) is 0 Å². The van der Waals surface area contributed by atoms with E-state index in [0.717, 1.165) is 33.9 Å². The number of nitrogens with one attached hydrogen (secondary N) is 2. The Labute approximate surface area is 149 Å². The van der Waals surface area contributed by atoms with Crippen molar-refractivity contribution >= 4 is 28.0 Å². The molecule has 0 bridgehead atoms. The number of ketones is 1. The number of anilines is 2. The fraction of sp³-hybridized carbons (Fsp3) is 0.333. The molecule has 2 aromatic rings. The number of hydrogen-bond acceptors (Lipinski definition) is 6. The Morgan fingerprint density at radius 1 is 1.28 bits per heavy atom. The fourth-order valence-corrected chi connectivity index (χ4v) is 4.14. The summed E-state index contributed by atoms with van der Waals surface area (Å²) in [4.78, 5) is 15.9. The van der Waals surface area contributed by atoms with Crippen LogP contribution in [0.15, 0.2) is 24.4 Å². The van der Waals surface area contributed by atoms with Gasteiger partial charge in [0.25, 0.3) is 0 Å². The quantitative estimate of drug-likeness (QED) is 0.799. The number of pyridine rings is 1. The molecular formula is C18H21N3O3S. The van der Waals surface area contributed by atoms with Gasteiger partial charge in [0.1, 0.15) is 5.75 Å². The molecule has 6 nitrogen and oxygen atoms in total. The molecule has 7 heteroatoms. The lowest BCUT2D eigenvalue weighted by Gasteiger charge is -2.15. The zero-order valence-corrected chi connectivity index (χ0v) is 15.5. The smallest absolute Gasteiger partial charge is 0.175 e. The van der Waals surface area contributed by atoms with Crippen molar-refractivity contribution in [3.63, 3.8) is 0 Å². The molecule has 0 spiro atoms. The van der Waals surface area contributed by atoms with Crippen molar-refractivity contribution in [1.82, 2.24) is 4.98 Å². The number of rotatable bonds is 5. The van der Waals surface area contributed by atoms with Gasteiger partial charge in [-0.15, -0.1) is 0 Å². The third-order valence-electron chi connectivity index (χ3n) is 4.29.